The molecule has 1 aliphatic heterocycles. The molecule has 1 aliphatic rings. The topological polar surface area (TPSA) is 116 Å². The molecule has 12 heteroatoms. The van der Waals surface area contributed by atoms with Crippen LogP contribution in [0.15, 0.2) is 48.7 Å². The van der Waals surface area contributed by atoms with Crippen molar-refractivity contribution < 1.29 is 37.8 Å². The van der Waals surface area contributed by atoms with Crippen LogP contribution in [-0.2, 0) is 29.6 Å². The van der Waals surface area contributed by atoms with Crippen molar-refractivity contribution in [3.8, 4) is 0 Å². The minimum atomic E-state index is -5.08. The highest BCUT2D eigenvalue weighted by Crippen LogP contribution is 2.40. The highest BCUT2D eigenvalue weighted by Gasteiger charge is 2.38. The summed E-state index contributed by atoms with van der Waals surface area (Å²) in [4.78, 5) is 37.2. The maximum atomic E-state index is 13.6. The fourth-order valence-electron chi connectivity index (χ4n) is 4.05. The molecule has 2 heterocycles. The van der Waals surface area contributed by atoms with Gasteiger partial charge in [-0.05, 0) is 48.7 Å². The van der Waals surface area contributed by atoms with Gasteiger partial charge in [0.25, 0.3) is 5.91 Å². The molecule has 3 aromatic rings. The van der Waals surface area contributed by atoms with Crippen LogP contribution >= 0.6 is 0 Å². The molecule has 0 unspecified atom stereocenters. The van der Waals surface area contributed by atoms with E-state index in [9.17, 15) is 22.8 Å². The third-order valence-corrected chi connectivity index (χ3v) is 5.85. The van der Waals surface area contributed by atoms with E-state index < -0.39 is 18.1 Å². The molecule has 0 fully saturated rings. The standard InChI is InChI=1S/C23H24N4O3.C2HF3O2/c1-15-12-17(9-8-16(15)10-11-21(28)29)23(30)27-14-18-13-24-26(3)22(18)25(2)19-6-4-5-7-20(19)27;3-2(4,5)1(6)7/h4-9,12-13H,10-11,14H2,1-3H3,(H,28,29);(H,6,7). The lowest BCUT2D eigenvalue weighted by atomic mass is 10.0. The SMILES string of the molecule is Cc1cc(C(=O)N2Cc3cnn(C)c3N(C)c3ccccc32)ccc1CCC(=O)O.O=C(O)C(F)(F)F. The number of amides is 1. The van der Waals surface area contributed by atoms with Crippen LogP contribution in [0.1, 0.15) is 33.5 Å². The average molecular weight is 518 g/mol. The lowest BCUT2D eigenvalue weighted by Gasteiger charge is -2.25. The third kappa shape index (κ3) is 6.08. The Morgan fingerprint density at radius 2 is 1.65 bits per heavy atom. The van der Waals surface area contributed by atoms with Gasteiger partial charge in [-0.3, -0.25) is 14.3 Å². The van der Waals surface area contributed by atoms with Gasteiger partial charge < -0.3 is 20.0 Å². The largest absolute Gasteiger partial charge is 0.490 e. The molecule has 196 valence electrons. The predicted octanol–water partition coefficient (Wildman–Crippen LogP) is 4.31. The van der Waals surface area contributed by atoms with Crippen LogP contribution < -0.4 is 9.80 Å². The van der Waals surface area contributed by atoms with E-state index in [1.54, 1.807) is 17.2 Å². The molecule has 4 rings (SSSR count). The molecular weight excluding hydrogens is 493 g/mol. The predicted molar refractivity (Wildman–Crippen MR) is 129 cm³/mol. The van der Waals surface area contributed by atoms with Gasteiger partial charge in [-0.1, -0.05) is 18.2 Å². The zero-order valence-corrected chi connectivity index (χ0v) is 20.3. The Kier molecular flexibility index (Phi) is 7.90. The van der Waals surface area contributed by atoms with E-state index in [1.807, 2.05) is 62.1 Å². The first-order chi connectivity index (χ1) is 17.3. The van der Waals surface area contributed by atoms with E-state index in [1.165, 1.54) is 0 Å². The Labute approximate surface area is 210 Å². The lowest BCUT2D eigenvalue weighted by Crippen LogP contribution is -2.30. The van der Waals surface area contributed by atoms with E-state index in [0.717, 1.165) is 33.9 Å². The number of aromatic nitrogens is 2. The van der Waals surface area contributed by atoms with Gasteiger partial charge >= 0.3 is 18.1 Å². The van der Waals surface area contributed by atoms with Crippen molar-refractivity contribution in [2.45, 2.75) is 32.5 Å². The van der Waals surface area contributed by atoms with Crippen LogP contribution in [0.4, 0.5) is 30.4 Å². The van der Waals surface area contributed by atoms with Gasteiger partial charge in [-0.2, -0.15) is 18.3 Å². The molecule has 0 radical (unpaired) electrons. The van der Waals surface area contributed by atoms with Crippen molar-refractivity contribution in [2.24, 2.45) is 7.05 Å². The Balaban J connectivity index is 0.000000479. The summed E-state index contributed by atoms with van der Waals surface area (Å²) in [6.45, 7) is 2.33. The fraction of sp³-hybridized carbons (Fsp3) is 0.280. The molecule has 0 saturated carbocycles. The van der Waals surface area contributed by atoms with E-state index in [-0.39, 0.29) is 12.3 Å². The molecular formula is C25H25F3N4O5. The highest BCUT2D eigenvalue weighted by atomic mass is 19.4. The van der Waals surface area contributed by atoms with E-state index in [0.29, 0.717) is 18.5 Å². The second-order valence-electron chi connectivity index (χ2n) is 8.39. The number of halogens is 3. The quantitative estimate of drug-likeness (QED) is 0.529. The molecule has 2 N–H and O–H groups in total. The molecule has 1 amide bonds. The molecule has 0 saturated heterocycles. The van der Waals surface area contributed by atoms with Crippen molar-refractivity contribution in [1.29, 1.82) is 0 Å². The van der Waals surface area contributed by atoms with Gasteiger partial charge in [0.1, 0.15) is 5.82 Å². The second-order valence-corrected chi connectivity index (χ2v) is 8.39. The van der Waals surface area contributed by atoms with Crippen LogP contribution in [0.5, 0.6) is 0 Å². The minimum Gasteiger partial charge on any atom is -0.481 e. The van der Waals surface area contributed by atoms with Crippen molar-refractivity contribution in [3.05, 3.63) is 70.9 Å². The highest BCUT2D eigenvalue weighted by molar-refractivity contribution is 6.08. The number of aliphatic carboxylic acids is 2. The van der Waals surface area contributed by atoms with E-state index in [4.69, 9.17) is 15.0 Å². The van der Waals surface area contributed by atoms with E-state index >= 15 is 0 Å². The third-order valence-electron chi connectivity index (χ3n) is 5.85. The number of hydrogen-bond acceptors (Lipinski definition) is 5. The average Bonchev–Trinajstić information content (AvgIpc) is 3.14. The fourth-order valence-corrected chi connectivity index (χ4v) is 4.05. The number of aryl methyl sites for hydroxylation is 3. The maximum Gasteiger partial charge on any atom is 0.490 e. The van der Waals surface area contributed by atoms with Crippen molar-refractivity contribution in [1.82, 2.24) is 9.78 Å². The Morgan fingerprint density at radius 3 is 2.22 bits per heavy atom. The number of rotatable bonds is 4. The monoisotopic (exact) mass is 518 g/mol. The van der Waals surface area contributed by atoms with Gasteiger partial charge in [0.15, 0.2) is 0 Å². The number of fused-ring (bicyclic) bond motifs is 2. The number of alkyl halides is 3. The number of carbonyl (C=O) groups is 3. The molecule has 0 aliphatic carbocycles. The Hall–Kier alpha value is -4.35. The van der Waals surface area contributed by atoms with Gasteiger partial charge in [0.2, 0.25) is 0 Å². The minimum absolute atomic E-state index is 0.0732. The van der Waals surface area contributed by atoms with Crippen LogP contribution in [0.3, 0.4) is 0 Å². The summed E-state index contributed by atoms with van der Waals surface area (Å²) in [7, 11) is 3.88. The van der Waals surface area contributed by atoms with Gasteiger partial charge in [0, 0.05) is 31.6 Å². The maximum absolute atomic E-state index is 13.6. The number of benzene rings is 2. The Morgan fingerprint density at radius 1 is 1.03 bits per heavy atom. The van der Waals surface area contributed by atoms with Crippen molar-refractivity contribution in [3.63, 3.8) is 0 Å². The normalized spacial score (nSPS) is 12.6. The first-order valence-corrected chi connectivity index (χ1v) is 11.1. The van der Waals surface area contributed by atoms with Crippen LogP contribution in [0.25, 0.3) is 0 Å². The first-order valence-electron chi connectivity index (χ1n) is 11.1. The zero-order chi connectivity index (χ0) is 27.5. The number of nitrogens with zero attached hydrogens (tertiary/aromatic N) is 4. The number of hydrogen-bond donors (Lipinski definition) is 2. The lowest BCUT2D eigenvalue weighted by molar-refractivity contribution is -0.192. The summed E-state index contributed by atoms with van der Waals surface area (Å²) in [6.07, 6.45) is -2.76. The number of carboxylic acids is 2. The van der Waals surface area contributed by atoms with Crippen LogP contribution in [-0.4, -0.2) is 51.1 Å². The molecule has 37 heavy (non-hydrogen) atoms. The van der Waals surface area contributed by atoms with Gasteiger partial charge in [-0.15, -0.1) is 0 Å². The molecule has 0 spiro atoms. The Bertz CT molecular complexity index is 1340. The van der Waals surface area contributed by atoms with Crippen molar-refractivity contribution >= 4 is 35.0 Å². The van der Waals surface area contributed by atoms with Gasteiger partial charge in [-0.25, -0.2) is 4.79 Å². The summed E-state index contributed by atoms with van der Waals surface area (Å²) in [5.41, 5.74) is 5.19. The summed E-state index contributed by atoms with van der Waals surface area (Å²) in [5, 5.41) is 20.4. The van der Waals surface area contributed by atoms with Crippen molar-refractivity contribution in [2.75, 3.05) is 16.8 Å². The van der Waals surface area contributed by atoms with E-state index in [2.05, 4.69) is 10.00 Å². The number of anilines is 3. The molecule has 1 aromatic heterocycles. The van der Waals surface area contributed by atoms with Crippen LogP contribution in [0.2, 0.25) is 0 Å². The number of carbonyl (C=O) groups excluding carboxylic acids is 1. The summed E-state index contributed by atoms with van der Waals surface area (Å²) in [5.74, 6) is -2.72. The molecule has 0 bridgehead atoms. The second kappa shape index (κ2) is 10.7. The van der Waals surface area contributed by atoms with Crippen LogP contribution in [0, 0.1) is 6.92 Å². The smallest absolute Gasteiger partial charge is 0.481 e. The first kappa shape index (κ1) is 27.2. The van der Waals surface area contributed by atoms with Gasteiger partial charge in [0.05, 0.1) is 24.1 Å². The number of carboxylic acid groups (broad SMARTS) is 2. The molecule has 2 aromatic carbocycles. The summed E-state index contributed by atoms with van der Waals surface area (Å²) in [6, 6.07) is 13.3. The number of para-hydroxylation sites is 2. The molecule has 9 nitrogen and oxygen atoms in total. The summed E-state index contributed by atoms with van der Waals surface area (Å²) >= 11 is 0. The molecule has 0 atom stereocenters. The summed E-state index contributed by atoms with van der Waals surface area (Å²) < 4.78 is 33.6. The zero-order valence-electron chi connectivity index (χ0n) is 20.3.